The average Bonchev–Trinajstić information content (AvgIpc) is 3.47. The molecule has 0 aliphatic carbocycles. The molecule has 0 spiro atoms. The van der Waals surface area contributed by atoms with Crippen molar-refractivity contribution < 1.29 is 28.7 Å². The molecule has 27 heavy (non-hydrogen) atoms. The Hall–Kier alpha value is -2.32. The van der Waals surface area contributed by atoms with Crippen molar-refractivity contribution in [1.82, 2.24) is 9.80 Å². The zero-order valence-corrected chi connectivity index (χ0v) is 14.4. The van der Waals surface area contributed by atoms with E-state index >= 15 is 0 Å². The highest BCUT2D eigenvalue weighted by Gasteiger charge is 2.61. The number of hydrogen-bond donors (Lipinski definition) is 0. The summed E-state index contributed by atoms with van der Waals surface area (Å²) in [7, 11) is 0. The first-order valence-corrected chi connectivity index (χ1v) is 9.44. The molecule has 4 bridgehead atoms. The van der Waals surface area contributed by atoms with Crippen molar-refractivity contribution in [1.29, 1.82) is 0 Å². The quantitative estimate of drug-likeness (QED) is 0.478. The van der Waals surface area contributed by atoms with Crippen molar-refractivity contribution in [3.05, 3.63) is 24.3 Å². The fourth-order valence-electron chi connectivity index (χ4n) is 5.56. The van der Waals surface area contributed by atoms with Gasteiger partial charge in [0.2, 0.25) is 23.6 Å². The lowest BCUT2D eigenvalue weighted by molar-refractivity contribution is -0.142. The Kier molecular flexibility index (Phi) is 2.99. The second-order valence-electron chi connectivity index (χ2n) is 8.01. The zero-order valence-electron chi connectivity index (χ0n) is 14.4. The Morgan fingerprint density at radius 1 is 0.593 bits per heavy atom. The van der Waals surface area contributed by atoms with Crippen LogP contribution in [0.1, 0.15) is 6.42 Å². The maximum absolute atomic E-state index is 12.6. The van der Waals surface area contributed by atoms with Gasteiger partial charge in [0.15, 0.2) is 0 Å². The molecule has 8 unspecified atom stereocenters. The molecular formula is C19H18N2O6. The number of nitrogens with zero attached hydrogens (tertiary/aromatic N) is 2. The molecule has 4 fully saturated rings. The summed E-state index contributed by atoms with van der Waals surface area (Å²) in [6.07, 6.45) is 6.60. The topological polar surface area (TPSA) is 93.2 Å². The zero-order chi connectivity index (χ0) is 18.4. The minimum absolute atomic E-state index is 0.201. The summed E-state index contributed by atoms with van der Waals surface area (Å²) in [5, 5.41) is 0. The minimum atomic E-state index is -0.416. The average molecular weight is 370 g/mol. The molecule has 6 aliphatic heterocycles. The van der Waals surface area contributed by atoms with Gasteiger partial charge < -0.3 is 9.47 Å². The van der Waals surface area contributed by atoms with Crippen LogP contribution in [0, 0.1) is 23.7 Å². The normalized spacial score (nSPS) is 45.8. The highest BCUT2D eigenvalue weighted by atomic mass is 16.5. The molecule has 8 nitrogen and oxygen atoms in total. The second-order valence-corrected chi connectivity index (χ2v) is 8.01. The molecule has 8 heteroatoms. The third kappa shape index (κ3) is 1.84. The van der Waals surface area contributed by atoms with E-state index in [1.54, 1.807) is 0 Å². The van der Waals surface area contributed by atoms with Gasteiger partial charge in [-0.25, -0.2) is 0 Å². The smallest absolute Gasteiger partial charge is 0.236 e. The summed E-state index contributed by atoms with van der Waals surface area (Å²) in [5.41, 5.74) is 0. The molecule has 0 radical (unpaired) electrons. The first kappa shape index (κ1) is 15.7. The van der Waals surface area contributed by atoms with E-state index in [2.05, 4.69) is 0 Å². The molecule has 0 N–H and O–H groups in total. The summed E-state index contributed by atoms with van der Waals surface area (Å²) in [6.45, 7) is 0.441. The Balaban J connectivity index is 1.11. The van der Waals surface area contributed by atoms with E-state index in [0.29, 0.717) is 6.42 Å². The number of fused-ring (bicyclic) bond motifs is 10. The summed E-state index contributed by atoms with van der Waals surface area (Å²) in [4.78, 5) is 53.0. The number of carbonyl (C=O) groups excluding carboxylic acids is 4. The van der Waals surface area contributed by atoms with Crippen LogP contribution in [-0.2, 0) is 28.7 Å². The van der Waals surface area contributed by atoms with Gasteiger partial charge in [-0.15, -0.1) is 0 Å². The summed E-state index contributed by atoms with van der Waals surface area (Å²) < 4.78 is 11.2. The maximum Gasteiger partial charge on any atom is 0.236 e. The number of likely N-dealkylation sites (tertiary alicyclic amines) is 2. The molecule has 140 valence electrons. The lowest BCUT2D eigenvalue weighted by Gasteiger charge is -2.20. The van der Waals surface area contributed by atoms with Crippen LogP contribution in [0.5, 0.6) is 0 Å². The number of carbonyl (C=O) groups is 4. The third-order valence-electron chi connectivity index (χ3n) is 6.77. The van der Waals surface area contributed by atoms with Gasteiger partial charge in [0.05, 0.1) is 48.1 Å². The van der Waals surface area contributed by atoms with Crippen LogP contribution < -0.4 is 0 Å². The molecule has 6 rings (SSSR count). The van der Waals surface area contributed by atoms with E-state index < -0.39 is 23.7 Å². The van der Waals surface area contributed by atoms with Crippen molar-refractivity contribution in [3.63, 3.8) is 0 Å². The highest BCUT2D eigenvalue weighted by Crippen LogP contribution is 2.46. The predicted molar refractivity (Wildman–Crippen MR) is 87.6 cm³/mol. The van der Waals surface area contributed by atoms with Gasteiger partial charge in [-0.2, -0.15) is 0 Å². The first-order chi connectivity index (χ1) is 13.1. The molecule has 6 heterocycles. The van der Waals surface area contributed by atoms with Crippen LogP contribution in [0.2, 0.25) is 0 Å². The van der Waals surface area contributed by atoms with Gasteiger partial charge in [0.1, 0.15) is 0 Å². The van der Waals surface area contributed by atoms with Crippen LogP contribution >= 0.6 is 0 Å². The monoisotopic (exact) mass is 370 g/mol. The number of amides is 4. The van der Waals surface area contributed by atoms with Crippen LogP contribution in [0.4, 0.5) is 0 Å². The van der Waals surface area contributed by atoms with Gasteiger partial charge >= 0.3 is 0 Å². The van der Waals surface area contributed by atoms with Crippen molar-refractivity contribution in [2.24, 2.45) is 23.7 Å². The largest absolute Gasteiger partial charge is 0.365 e. The van der Waals surface area contributed by atoms with E-state index in [0.717, 1.165) is 0 Å². The number of ether oxygens (including phenoxy) is 2. The Morgan fingerprint density at radius 2 is 0.889 bits per heavy atom. The molecular weight excluding hydrogens is 352 g/mol. The molecule has 0 aromatic heterocycles. The van der Waals surface area contributed by atoms with Gasteiger partial charge in [0, 0.05) is 13.1 Å². The van der Waals surface area contributed by atoms with E-state index in [1.165, 1.54) is 9.80 Å². The van der Waals surface area contributed by atoms with E-state index in [-0.39, 0.29) is 61.1 Å². The number of hydrogen-bond acceptors (Lipinski definition) is 6. The van der Waals surface area contributed by atoms with E-state index in [4.69, 9.17) is 9.47 Å². The van der Waals surface area contributed by atoms with Crippen LogP contribution in [0.15, 0.2) is 24.3 Å². The van der Waals surface area contributed by atoms with Crippen molar-refractivity contribution in [3.8, 4) is 0 Å². The standard InChI is InChI=1S/C19H18N2O6/c22-16-12-8-2-3-9(26-8)13(12)17(23)20(16)6-1-7-21-18(24)14-10-4-5-11(27-10)15(14)19(21)25/h2-5,8-15H,1,6-7H2. The van der Waals surface area contributed by atoms with Crippen molar-refractivity contribution in [2.75, 3.05) is 13.1 Å². The SMILES string of the molecule is O=C1C2C3C=CC(O3)C2C(=O)N1CCCN1C(=O)C2C3C=CC(O3)C2C1=O. The lowest BCUT2D eigenvalue weighted by Crippen LogP contribution is -2.39. The van der Waals surface area contributed by atoms with Gasteiger partial charge in [0.25, 0.3) is 0 Å². The molecule has 4 amide bonds. The molecule has 0 aromatic carbocycles. The Labute approximate surface area is 154 Å². The van der Waals surface area contributed by atoms with Crippen LogP contribution in [0.25, 0.3) is 0 Å². The van der Waals surface area contributed by atoms with Crippen molar-refractivity contribution >= 4 is 23.6 Å². The van der Waals surface area contributed by atoms with Crippen LogP contribution in [0.3, 0.4) is 0 Å². The highest BCUT2D eigenvalue weighted by molar-refractivity contribution is 6.07. The van der Waals surface area contributed by atoms with Gasteiger partial charge in [-0.05, 0) is 6.42 Å². The van der Waals surface area contributed by atoms with Crippen molar-refractivity contribution in [2.45, 2.75) is 30.8 Å². The van der Waals surface area contributed by atoms with E-state index in [9.17, 15) is 19.2 Å². The summed E-state index contributed by atoms with van der Waals surface area (Å²) >= 11 is 0. The fraction of sp³-hybridized carbons (Fsp3) is 0.579. The molecule has 0 aromatic rings. The minimum Gasteiger partial charge on any atom is -0.365 e. The predicted octanol–water partition coefficient (Wildman–Crippen LogP) is -0.747. The number of rotatable bonds is 4. The van der Waals surface area contributed by atoms with Gasteiger partial charge in [-0.1, -0.05) is 24.3 Å². The molecule has 0 saturated carbocycles. The summed E-state index contributed by atoms with van der Waals surface area (Å²) in [6, 6.07) is 0. The Bertz CT molecular complexity index is 721. The molecule has 8 atom stereocenters. The fourth-order valence-corrected chi connectivity index (χ4v) is 5.56. The second kappa shape index (κ2) is 5.14. The third-order valence-corrected chi connectivity index (χ3v) is 6.77. The Morgan fingerprint density at radius 3 is 1.19 bits per heavy atom. The van der Waals surface area contributed by atoms with Gasteiger partial charge in [-0.3, -0.25) is 29.0 Å². The first-order valence-electron chi connectivity index (χ1n) is 9.44. The maximum atomic E-state index is 12.6. The summed E-state index contributed by atoms with van der Waals surface area (Å²) in [5.74, 6) is -2.47. The molecule has 6 aliphatic rings. The van der Waals surface area contributed by atoms with E-state index in [1.807, 2.05) is 24.3 Å². The number of imide groups is 2. The molecule has 4 saturated heterocycles. The lowest BCUT2D eigenvalue weighted by atomic mass is 9.85. The van der Waals surface area contributed by atoms with Crippen LogP contribution in [-0.4, -0.2) is 70.9 Å².